The molecule has 36 nitrogen and oxygen atoms in total. The molecule has 8 aliphatic rings. The Kier molecular flexibility index (Phi) is 30.8. The molecule has 22 atom stereocenters. The third kappa shape index (κ3) is 21.9. The normalized spacial score (nSPS) is 30.2. The van der Waals surface area contributed by atoms with Gasteiger partial charge in [-0.2, -0.15) is 0 Å². The molecular formula is C85H113ClN10O26. The van der Waals surface area contributed by atoms with Crippen molar-refractivity contribution in [3.63, 3.8) is 0 Å². The van der Waals surface area contributed by atoms with Gasteiger partial charge in [-0.1, -0.05) is 114 Å². The van der Waals surface area contributed by atoms with Crippen LogP contribution in [0, 0.1) is 5.92 Å². The molecule has 0 saturated carbocycles. The average molecular weight is 1730 g/mol. The van der Waals surface area contributed by atoms with E-state index in [1.54, 1.807) is 0 Å². The van der Waals surface area contributed by atoms with Crippen LogP contribution in [-0.4, -0.2) is 216 Å². The van der Waals surface area contributed by atoms with Gasteiger partial charge in [0.05, 0.1) is 55.1 Å². The minimum absolute atomic E-state index is 0.00730. The predicted octanol–water partition coefficient (Wildman–Crippen LogP) is 4.07. The minimum atomic E-state index is -2.33. The lowest BCUT2D eigenvalue weighted by Gasteiger charge is -2.47. The number of ether oxygens (including phenoxy) is 9. The number of primary amides is 1. The van der Waals surface area contributed by atoms with E-state index in [1.807, 2.05) is 13.8 Å². The summed E-state index contributed by atoms with van der Waals surface area (Å²) in [6, 6.07) is 2.64. The summed E-state index contributed by atoms with van der Waals surface area (Å²) >= 11 is 7.19. The van der Waals surface area contributed by atoms with Crippen molar-refractivity contribution in [3.8, 4) is 57.1 Å². The Hall–Kier alpha value is -9.61. The van der Waals surface area contributed by atoms with Crippen molar-refractivity contribution >= 4 is 58.9 Å². The van der Waals surface area contributed by atoms with Crippen molar-refractivity contribution in [2.24, 2.45) is 23.1 Å². The minimum Gasteiger partial charge on any atom is -0.508 e. The number of rotatable bonds is 26. The second kappa shape index (κ2) is 40.4. The Morgan fingerprint density at radius 3 is 1.84 bits per heavy atom. The van der Waals surface area contributed by atoms with Crippen molar-refractivity contribution in [2.75, 3.05) is 20.3 Å². The summed E-state index contributed by atoms with van der Waals surface area (Å²) in [5.74, 6) is -14.2. The molecule has 0 aliphatic carbocycles. The first kappa shape index (κ1) is 93.1. The molecule has 3 fully saturated rings. The van der Waals surface area contributed by atoms with Gasteiger partial charge < -0.3 is 143 Å². The molecule has 0 radical (unpaired) electrons. The maximum absolute atomic E-state index is 16.6. The molecule has 37 heteroatoms. The molecular weight excluding hydrogens is 1610 g/mol. The van der Waals surface area contributed by atoms with Crippen molar-refractivity contribution < 1.29 is 127 Å². The lowest BCUT2D eigenvalue weighted by Crippen LogP contribution is -2.64. The first-order valence-electron chi connectivity index (χ1n) is 41.2. The number of benzene rings is 5. The van der Waals surface area contributed by atoms with E-state index in [0.29, 0.717) is 12.8 Å². The van der Waals surface area contributed by atoms with Gasteiger partial charge in [-0.15, -0.1) is 0 Å². The van der Waals surface area contributed by atoms with Crippen LogP contribution >= 0.6 is 11.6 Å². The summed E-state index contributed by atoms with van der Waals surface area (Å²) in [4.78, 5) is 123. The van der Waals surface area contributed by atoms with Crippen LogP contribution in [0.1, 0.15) is 197 Å². The number of hydrogen-bond acceptors (Lipinski definition) is 29. The number of nitrogens with one attached hydrogen (secondary N) is 7. The molecule has 8 aliphatic heterocycles. The van der Waals surface area contributed by atoms with Gasteiger partial charge in [0, 0.05) is 46.7 Å². The summed E-state index contributed by atoms with van der Waals surface area (Å²) < 4.78 is 58.3. The van der Waals surface area contributed by atoms with E-state index >= 15 is 28.8 Å². The number of phenols is 3. The Bertz CT molecular complexity index is 4580. The van der Waals surface area contributed by atoms with Gasteiger partial charge in [-0.25, -0.2) is 4.79 Å². The predicted molar refractivity (Wildman–Crippen MR) is 436 cm³/mol. The number of amides is 7. The number of aliphatic hydroxyl groups excluding tert-OH is 6. The van der Waals surface area contributed by atoms with Crippen molar-refractivity contribution in [1.82, 2.24) is 37.2 Å². The van der Waals surface area contributed by atoms with Gasteiger partial charge in [0.25, 0.3) is 0 Å². The first-order chi connectivity index (χ1) is 57.9. The number of aliphatic hydroxyl groups is 6. The quantitative estimate of drug-likeness (QED) is 0.0274. The fourth-order valence-electron chi connectivity index (χ4n) is 16.0. The fraction of sp³-hybridized carbons (Fsp3) is 0.553. The summed E-state index contributed by atoms with van der Waals surface area (Å²) in [6.45, 7) is 10.7. The second-order valence-electron chi connectivity index (χ2n) is 33.1. The van der Waals surface area contributed by atoms with Crippen molar-refractivity contribution in [3.05, 3.63) is 118 Å². The number of nitrogens with two attached hydrogens (primary N) is 3. The molecule has 666 valence electrons. The lowest BCUT2D eigenvalue weighted by atomic mass is 9.86. The number of unbranched alkanes of at least 4 members (excludes halogenated alkanes) is 9. The average Bonchev–Trinajstić information content (AvgIpc) is 0.765. The van der Waals surface area contributed by atoms with E-state index in [2.05, 4.69) is 44.1 Å². The Morgan fingerprint density at radius 1 is 0.639 bits per heavy atom. The molecule has 5 aromatic carbocycles. The highest BCUT2D eigenvalue weighted by Crippen LogP contribution is 2.50. The molecule has 22 N–H and O–H groups in total. The molecule has 13 rings (SSSR count). The van der Waals surface area contributed by atoms with E-state index < -0.39 is 239 Å². The smallest absolute Gasteiger partial charge is 0.333 e. The van der Waals surface area contributed by atoms with Crippen LogP contribution in [0.15, 0.2) is 84.9 Å². The van der Waals surface area contributed by atoms with Crippen LogP contribution < -0.4 is 68.6 Å². The van der Waals surface area contributed by atoms with Crippen LogP contribution in [0.2, 0.25) is 5.02 Å². The maximum Gasteiger partial charge on any atom is 0.333 e. The van der Waals surface area contributed by atoms with Crippen LogP contribution in [0.5, 0.6) is 46.0 Å². The molecule has 9 unspecified atom stereocenters. The van der Waals surface area contributed by atoms with Crippen LogP contribution in [0.3, 0.4) is 0 Å². The number of esters is 1. The second-order valence-corrected chi connectivity index (χ2v) is 33.5. The fourth-order valence-corrected chi connectivity index (χ4v) is 16.3. The SMILES string of the molecule is CCCCCCCCCCCCOC(=O)C1NC(=O)C2NC(=O)C(NC(=O)C3NC(=O)C(CC(N)=O)NC(=O)C(NC(=O)C(CC(C)C)NC)C(O)c4ccc(c(Cl)c4)Oc4cc3cc(c4O[C@@H]3O[C@H](CO)[C@@H](O)[C@H](O)[C@H]3O[C@H]3C[C@](C)(N)[C@@H](O)[C@H](C)O3)Oc3ccc(cc3)C2O[C@H]2C[C@](C)(N)[C@@H](O)[C@H](C)O2)c2ccc(O)c(c2)-c2c(O)cc(O)cc21. The Morgan fingerprint density at radius 2 is 1.23 bits per heavy atom. The standard InChI is InChI=1S/C85H113ClN10O26/c1-9-10-11-12-13-14-15-16-17-18-27-114-82(113)65-49-33-46(98)34-54(100)62(49)48-29-43(21-25-53(48)99)63-78(109)96-67(81(112)94-65)71(120-60-36-84(6,88)74(105)40(4)115-60)42-19-23-47(24-20-42)117-56-31-45-32-57(72(56)122-83-73(70(104)69(103)58(38-97)119-83)121-61-37-85(7,89)75(106)41(5)116-61)118-55-26-22-44(30-50(55)86)68(102)66(95-76(107)51(90-8)28-39(2)3)80(111)91-52(35-59(87)101)77(108)92-64(45)79(110)93-63/h19-26,29-34,39-41,51-52,58,60-61,63-71,73-75,83,90,97-100,102-106H,9-18,27-28,35-38,88-89H2,1-8H3,(H2,87,101)(H,91,111)(H,92,108)(H,93,110)(H,94,112)(H,95,107)(H,96,109)/t40-,41-,51?,52?,58+,60-,61-,63?,64?,65?,66?,67?,68?,69+,70-,71?,73+,74-,75-,83-,84-,85-/m0/s1. The number of hydrogen-bond donors (Lipinski definition) is 19. The van der Waals surface area contributed by atoms with E-state index in [1.165, 1.54) is 71.1 Å². The van der Waals surface area contributed by atoms with E-state index in [4.69, 9.17) is 71.4 Å². The molecule has 7 amide bonds. The van der Waals surface area contributed by atoms with Crippen LogP contribution in [0.25, 0.3) is 11.1 Å². The number of fused-ring (bicyclic) bond motifs is 15. The van der Waals surface area contributed by atoms with Gasteiger partial charge in [0.1, 0.15) is 89.5 Å². The zero-order valence-corrected chi connectivity index (χ0v) is 69.9. The topological polar surface area (TPSA) is 564 Å². The van der Waals surface area contributed by atoms with Gasteiger partial charge in [0.15, 0.2) is 36.2 Å². The molecule has 11 bridgehead atoms. The van der Waals surface area contributed by atoms with E-state index in [9.17, 15) is 55.5 Å². The zero-order chi connectivity index (χ0) is 88.5. The van der Waals surface area contributed by atoms with Gasteiger partial charge >= 0.3 is 5.97 Å². The van der Waals surface area contributed by atoms with E-state index in [0.717, 1.165) is 99.9 Å². The van der Waals surface area contributed by atoms with Crippen molar-refractivity contribution in [1.29, 1.82) is 0 Å². The largest absolute Gasteiger partial charge is 0.508 e. The lowest BCUT2D eigenvalue weighted by molar-refractivity contribution is -0.333. The summed E-state index contributed by atoms with van der Waals surface area (Å²) in [5.41, 5.74) is 14.3. The molecule has 8 heterocycles. The Balaban J connectivity index is 1.14. The highest BCUT2D eigenvalue weighted by atomic mass is 35.5. The van der Waals surface area contributed by atoms with Gasteiger partial charge in [-0.3, -0.25) is 33.6 Å². The number of phenolic OH excluding ortho intramolecular Hbond substituents is 3. The highest BCUT2D eigenvalue weighted by molar-refractivity contribution is 6.32. The molecule has 3 saturated heterocycles. The van der Waals surface area contributed by atoms with Crippen LogP contribution in [0.4, 0.5) is 0 Å². The number of carbonyl (C=O) groups excluding carboxylic acids is 8. The number of carbonyl (C=O) groups is 8. The van der Waals surface area contributed by atoms with Gasteiger partial charge in [-0.05, 0) is 130 Å². The summed E-state index contributed by atoms with van der Waals surface area (Å²) in [7, 11) is 1.49. The summed E-state index contributed by atoms with van der Waals surface area (Å²) in [5, 5.41) is 123. The number of aromatic hydroxyl groups is 3. The van der Waals surface area contributed by atoms with Crippen molar-refractivity contribution in [2.45, 2.75) is 272 Å². The monoisotopic (exact) mass is 1720 g/mol. The number of likely N-dealkylation sites (N-methyl/N-ethyl adjacent to an activating group) is 1. The maximum atomic E-state index is 16.6. The van der Waals surface area contributed by atoms with Gasteiger partial charge in [0.2, 0.25) is 53.4 Å². The first-order valence-corrected chi connectivity index (χ1v) is 41.6. The zero-order valence-electron chi connectivity index (χ0n) is 69.1. The van der Waals surface area contributed by atoms with Crippen LogP contribution in [-0.2, 0) is 66.8 Å². The molecule has 122 heavy (non-hydrogen) atoms. The molecule has 5 aromatic rings. The third-order valence-corrected chi connectivity index (χ3v) is 23.1. The third-order valence-electron chi connectivity index (χ3n) is 22.8. The molecule has 0 spiro atoms. The Labute approximate surface area is 709 Å². The highest BCUT2D eigenvalue weighted by Gasteiger charge is 2.53. The molecule has 0 aromatic heterocycles. The van der Waals surface area contributed by atoms with E-state index in [-0.39, 0.29) is 76.1 Å². The summed E-state index contributed by atoms with van der Waals surface area (Å²) in [6.07, 6.45) is -12.8. The number of halogens is 1.